The third-order valence-electron chi connectivity index (χ3n) is 4.95. The molecule has 0 aromatic heterocycles. The van der Waals surface area contributed by atoms with Gasteiger partial charge in [0.25, 0.3) is 0 Å². The largest absolute Gasteiger partial charge is 0.465 e. The zero-order valence-electron chi connectivity index (χ0n) is 13.8. The fraction of sp³-hybridized carbons (Fsp3) is 0.611. The van der Waals surface area contributed by atoms with Crippen molar-refractivity contribution in [1.82, 2.24) is 4.90 Å². The first-order valence-corrected chi connectivity index (χ1v) is 8.00. The van der Waals surface area contributed by atoms with Gasteiger partial charge in [-0.3, -0.25) is 0 Å². The first-order valence-electron chi connectivity index (χ1n) is 8.00. The lowest BCUT2D eigenvalue weighted by atomic mass is 9.80. The van der Waals surface area contributed by atoms with Crippen molar-refractivity contribution < 1.29 is 14.6 Å². The van der Waals surface area contributed by atoms with E-state index in [0.717, 1.165) is 12.8 Å². The molecular weight excluding hydrogens is 278 g/mol. The number of aryl methyl sites for hydroxylation is 1. The molecule has 2 aliphatic heterocycles. The summed E-state index contributed by atoms with van der Waals surface area (Å²) in [7, 11) is 0. The van der Waals surface area contributed by atoms with E-state index in [4.69, 9.17) is 4.74 Å². The molecule has 1 atom stereocenters. The zero-order chi connectivity index (χ0) is 16.1. The summed E-state index contributed by atoms with van der Waals surface area (Å²) in [5.74, 6) is 0. The molecule has 1 saturated heterocycles. The van der Waals surface area contributed by atoms with Gasteiger partial charge in [-0.15, -0.1) is 0 Å². The van der Waals surface area contributed by atoms with Crippen LogP contribution in [0.4, 0.5) is 4.79 Å². The number of ether oxygens (including phenoxy) is 1. The summed E-state index contributed by atoms with van der Waals surface area (Å²) < 4.78 is 6.59. The van der Waals surface area contributed by atoms with E-state index in [0.29, 0.717) is 13.1 Å². The SMILES string of the molecule is Cc1ccc2c(c1)C1(CCN(C(=O)O)CC1)OC2C(C)(C)C. The van der Waals surface area contributed by atoms with Gasteiger partial charge in [0.2, 0.25) is 0 Å². The van der Waals surface area contributed by atoms with Crippen LogP contribution in [0.5, 0.6) is 0 Å². The van der Waals surface area contributed by atoms with E-state index in [-0.39, 0.29) is 17.1 Å². The number of nitrogens with zero attached hydrogens (tertiary/aromatic N) is 1. The van der Waals surface area contributed by atoms with Crippen LogP contribution < -0.4 is 0 Å². The second kappa shape index (κ2) is 4.98. The van der Waals surface area contributed by atoms with Gasteiger partial charge in [0, 0.05) is 13.1 Å². The van der Waals surface area contributed by atoms with E-state index in [2.05, 4.69) is 45.9 Å². The van der Waals surface area contributed by atoms with Gasteiger partial charge in [0.1, 0.15) is 0 Å². The molecule has 0 aliphatic carbocycles. The highest BCUT2D eigenvalue weighted by atomic mass is 16.5. The Labute approximate surface area is 132 Å². The number of piperidine rings is 1. The molecule has 2 heterocycles. The van der Waals surface area contributed by atoms with Crippen molar-refractivity contribution in [1.29, 1.82) is 0 Å². The lowest BCUT2D eigenvalue weighted by Crippen LogP contribution is -2.45. The van der Waals surface area contributed by atoms with E-state index >= 15 is 0 Å². The first-order chi connectivity index (χ1) is 10.2. The summed E-state index contributed by atoms with van der Waals surface area (Å²) >= 11 is 0. The summed E-state index contributed by atoms with van der Waals surface area (Å²) in [4.78, 5) is 12.7. The van der Waals surface area contributed by atoms with Crippen LogP contribution in [0, 0.1) is 12.3 Å². The van der Waals surface area contributed by atoms with Crippen LogP contribution in [0.1, 0.15) is 56.4 Å². The second-order valence-corrected chi connectivity index (χ2v) is 7.72. The van der Waals surface area contributed by atoms with Crippen molar-refractivity contribution in [3.8, 4) is 0 Å². The van der Waals surface area contributed by atoms with Crippen LogP contribution in [0.25, 0.3) is 0 Å². The molecule has 22 heavy (non-hydrogen) atoms. The zero-order valence-corrected chi connectivity index (χ0v) is 13.8. The van der Waals surface area contributed by atoms with Gasteiger partial charge in [-0.1, -0.05) is 44.5 Å². The molecule has 2 aliphatic rings. The highest BCUT2D eigenvalue weighted by Crippen LogP contribution is 2.54. The Kier molecular flexibility index (Phi) is 3.48. The van der Waals surface area contributed by atoms with Crippen LogP contribution in [-0.4, -0.2) is 29.2 Å². The fourth-order valence-corrected chi connectivity index (χ4v) is 3.74. The Morgan fingerprint density at radius 1 is 1.32 bits per heavy atom. The number of fused-ring (bicyclic) bond motifs is 2. The average Bonchev–Trinajstić information content (AvgIpc) is 2.74. The van der Waals surface area contributed by atoms with E-state index in [1.807, 2.05) is 0 Å². The summed E-state index contributed by atoms with van der Waals surface area (Å²) in [6.45, 7) is 9.79. The molecule has 3 rings (SSSR count). The van der Waals surface area contributed by atoms with Crippen molar-refractivity contribution in [2.75, 3.05) is 13.1 Å². The Balaban J connectivity index is 1.98. The number of carbonyl (C=O) groups is 1. The Morgan fingerprint density at radius 3 is 2.50 bits per heavy atom. The van der Waals surface area contributed by atoms with Crippen molar-refractivity contribution in [3.05, 3.63) is 34.9 Å². The van der Waals surface area contributed by atoms with Crippen molar-refractivity contribution in [2.24, 2.45) is 5.41 Å². The van der Waals surface area contributed by atoms with E-state index < -0.39 is 6.09 Å². The van der Waals surface area contributed by atoms with Gasteiger partial charge >= 0.3 is 6.09 Å². The van der Waals surface area contributed by atoms with Crippen molar-refractivity contribution in [3.63, 3.8) is 0 Å². The summed E-state index contributed by atoms with van der Waals surface area (Å²) in [5.41, 5.74) is 3.50. The van der Waals surface area contributed by atoms with Crippen LogP contribution in [0.15, 0.2) is 18.2 Å². The molecule has 1 fully saturated rings. The van der Waals surface area contributed by atoms with Crippen LogP contribution in [0.2, 0.25) is 0 Å². The van der Waals surface area contributed by atoms with E-state index in [1.54, 1.807) is 0 Å². The second-order valence-electron chi connectivity index (χ2n) is 7.72. The third kappa shape index (κ3) is 2.39. The van der Waals surface area contributed by atoms with Crippen LogP contribution >= 0.6 is 0 Å². The lowest BCUT2D eigenvalue weighted by Gasteiger charge is -2.40. The maximum atomic E-state index is 11.2. The molecule has 4 nitrogen and oxygen atoms in total. The number of amides is 1. The summed E-state index contributed by atoms with van der Waals surface area (Å²) in [6.07, 6.45) is 0.717. The van der Waals surface area contributed by atoms with Gasteiger partial charge in [-0.05, 0) is 36.3 Å². The molecular formula is C18H25NO3. The molecule has 1 amide bonds. The Morgan fingerprint density at radius 2 is 1.95 bits per heavy atom. The van der Waals surface area contributed by atoms with Gasteiger partial charge in [-0.2, -0.15) is 0 Å². The third-order valence-corrected chi connectivity index (χ3v) is 4.95. The number of rotatable bonds is 0. The quantitative estimate of drug-likeness (QED) is 0.785. The highest BCUT2D eigenvalue weighted by molar-refractivity contribution is 5.65. The molecule has 0 saturated carbocycles. The fourth-order valence-electron chi connectivity index (χ4n) is 3.74. The standard InChI is InChI=1S/C18H25NO3/c1-12-5-6-13-14(11-12)18(22-15(13)17(2,3)4)7-9-19(10-8-18)16(20)21/h5-6,11,15H,7-10H2,1-4H3,(H,20,21). The number of carboxylic acid groups (broad SMARTS) is 1. The number of benzene rings is 1. The maximum Gasteiger partial charge on any atom is 0.407 e. The van der Waals surface area contributed by atoms with Gasteiger partial charge in [0.15, 0.2) is 0 Å². The lowest BCUT2D eigenvalue weighted by molar-refractivity contribution is -0.138. The topological polar surface area (TPSA) is 49.8 Å². The molecule has 0 bridgehead atoms. The Bertz CT molecular complexity index is 595. The van der Waals surface area contributed by atoms with Crippen molar-refractivity contribution >= 4 is 6.09 Å². The van der Waals surface area contributed by atoms with Gasteiger partial charge in [-0.25, -0.2) is 4.79 Å². The molecule has 1 unspecified atom stereocenters. The predicted octanol–water partition coefficient (Wildman–Crippen LogP) is 4.08. The molecule has 4 heteroatoms. The Hall–Kier alpha value is -1.55. The summed E-state index contributed by atoms with van der Waals surface area (Å²) in [5, 5.41) is 9.18. The van der Waals surface area contributed by atoms with Crippen LogP contribution in [-0.2, 0) is 10.3 Å². The van der Waals surface area contributed by atoms with E-state index in [1.165, 1.54) is 21.6 Å². The number of likely N-dealkylation sites (tertiary alicyclic amines) is 1. The minimum absolute atomic E-state index is 0.0252. The average molecular weight is 303 g/mol. The minimum Gasteiger partial charge on any atom is -0.465 e. The molecule has 1 spiro atoms. The van der Waals surface area contributed by atoms with Gasteiger partial charge < -0.3 is 14.7 Å². The molecule has 1 aromatic rings. The molecule has 1 aromatic carbocycles. The molecule has 1 N–H and O–H groups in total. The normalized spacial score (nSPS) is 23.6. The highest BCUT2D eigenvalue weighted by Gasteiger charge is 2.50. The van der Waals surface area contributed by atoms with E-state index in [9.17, 15) is 9.90 Å². The molecule has 120 valence electrons. The summed E-state index contributed by atoms with van der Waals surface area (Å²) in [6, 6.07) is 6.57. The predicted molar refractivity (Wildman–Crippen MR) is 85.0 cm³/mol. The number of hydrogen-bond donors (Lipinski definition) is 1. The first kappa shape index (κ1) is 15.3. The monoisotopic (exact) mass is 303 g/mol. The minimum atomic E-state index is -0.829. The van der Waals surface area contributed by atoms with Crippen molar-refractivity contribution in [2.45, 2.75) is 52.2 Å². The van der Waals surface area contributed by atoms with Crippen LogP contribution in [0.3, 0.4) is 0 Å². The maximum absolute atomic E-state index is 11.2. The smallest absolute Gasteiger partial charge is 0.407 e. The van der Waals surface area contributed by atoms with Gasteiger partial charge in [0.05, 0.1) is 11.7 Å². The number of hydrogen-bond acceptors (Lipinski definition) is 2. The molecule has 0 radical (unpaired) electrons.